The van der Waals surface area contributed by atoms with Crippen molar-refractivity contribution in [2.24, 2.45) is 5.92 Å². The van der Waals surface area contributed by atoms with Gasteiger partial charge in [-0.3, -0.25) is 27.5 Å². The topological polar surface area (TPSA) is 274 Å². The second-order valence-electron chi connectivity index (χ2n) is 10.4. The Morgan fingerprint density at radius 3 is 2.43 bits per heavy atom. The monoisotopic (exact) mass is 659 g/mol. The van der Waals surface area contributed by atoms with Crippen LogP contribution in [-0.4, -0.2) is 97.7 Å². The summed E-state index contributed by atoms with van der Waals surface area (Å²) in [5.41, 5.74) is 5.60. The summed E-state index contributed by atoms with van der Waals surface area (Å²) >= 11 is 0. The number of aromatic amines is 1. The van der Waals surface area contributed by atoms with E-state index in [1.807, 2.05) is 0 Å². The Morgan fingerprint density at radius 1 is 0.955 bits per heavy atom. The number of hydrogen-bond acceptors (Lipinski definition) is 15. The number of nitrogens with zero attached hydrogens (tertiary/aromatic N) is 7. The highest BCUT2D eigenvalue weighted by atomic mass is 31.2. The SMILES string of the molecule is Nc1ncnc2c1ncn2[C@@H]1O[C@@H]2COP(=O)(O)O[C@@H]3[C@@H](COP(=O)(O)O[C@H]2[C@H]1F)C[C@@H](n1cnc2c(=O)[nH]cnc21)[C@@H]3O. The van der Waals surface area contributed by atoms with E-state index in [9.17, 15) is 28.8 Å². The van der Waals surface area contributed by atoms with Crippen LogP contribution < -0.4 is 11.3 Å². The fourth-order valence-electron chi connectivity index (χ4n) is 5.74. The molecule has 7 rings (SSSR count). The van der Waals surface area contributed by atoms with Crippen LogP contribution in [0.15, 0.2) is 30.1 Å². The molecule has 20 nitrogen and oxygen atoms in total. The van der Waals surface area contributed by atoms with Crippen molar-refractivity contribution in [1.82, 2.24) is 39.0 Å². The van der Waals surface area contributed by atoms with Gasteiger partial charge in [0, 0.05) is 5.92 Å². The zero-order valence-electron chi connectivity index (χ0n) is 22.1. The summed E-state index contributed by atoms with van der Waals surface area (Å²) in [6.07, 6.45) is -5.40. The molecule has 10 atom stereocenters. The molecule has 2 unspecified atom stereocenters. The highest BCUT2D eigenvalue weighted by Gasteiger charge is 2.54. The quantitative estimate of drug-likeness (QED) is 0.173. The highest BCUT2D eigenvalue weighted by molar-refractivity contribution is 7.47. The fourth-order valence-corrected chi connectivity index (χ4v) is 7.74. The summed E-state index contributed by atoms with van der Waals surface area (Å²) in [5, 5.41) is 11.2. The van der Waals surface area contributed by atoms with E-state index in [2.05, 4.69) is 29.9 Å². The van der Waals surface area contributed by atoms with Gasteiger partial charge in [0.25, 0.3) is 5.56 Å². The molecular weight excluding hydrogens is 635 g/mol. The van der Waals surface area contributed by atoms with Crippen molar-refractivity contribution >= 4 is 43.8 Å². The fraction of sp³-hybridized carbons (Fsp3) is 0.524. The summed E-state index contributed by atoms with van der Waals surface area (Å²) in [4.78, 5) is 55.7. The van der Waals surface area contributed by atoms with Crippen LogP contribution in [0.3, 0.4) is 0 Å². The molecule has 6 heterocycles. The van der Waals surface area contributed by atoms with E-state index in [1.165, 1.54) is 17.2 Å². The Morgan fingerprint density at radius 2 is 1.64 bits per heavy atom. The smallest absolute Gasteiger partial charge is 0.388 e. The van der Waals surface area contributed by atoms with E-state index in [0.29, 0.717) is 0 Å². The summed E-state index contributed by atoms with van der Waals surface area (Å²) < 4.78 is 71.1. The standard InChI is InChI=1S/C21H24FN9O11P2/c22-11-16-10(40-21(11)31-7-28-12-17(23)24-4-25-18(12)31)3-39-44(36,37)41-15-8(2-38-43(34,35)42-16)1-9(14(15)32)30-6-29-13-19(30)26-5-27-20(13)33/h4-11,14-16,21,32H,1-3H2,(H,34,35)(H,36,37)(H2,23,24,25)(H,26,27,33)/t8-,9-,10-,11-,14+,15-,16-,21-/m1/s1. The van der Waals surface area contributed by atoms with Crippen LogP contribution in [-0.2, 0) is 32.0 Å². The average molecular weight is 659 g/mol. The van der Waals surface area contributed by atoms with Gasteiger partial charge in [0.2, 0.25) is 0 Å². The van der Waals surface area contributed by atoms with E-state index in [0.717, 1.165) is 17.2 Å². The van der Waals surface area contributed by atoms with Crippen molar-refractivity contribution in [2.45, 2.75) is 49.3 Å². The third-order valence-electron chi connectivity index (χ3n) is 7.75. The number of H-pyrrole nitrogens is 1. The first-order valence-electron chi connectivity index (χ1n) is 13.0. The molecule has 6 N–H and O–H groups in total. The first kappa shape index (κ1) is 29.5. The van der Waals surface area contributed by atoms with E-state index < -0.39 is 83.2 Å². The molecule has 0 aromatic carbocycles. The first-order valence-corrected chi connectivity index (χ1v) is 16.0. The van der Waals surface area contributed by atoms with Crippen molar-refractivity contribution in [3.8, 4) is 0 Å². The van der Waals surface area contributed by atoms with Crippen LogP contribution >= 0.6 is 15.6 Å². The number of halogens is 1. The molecule has 44 heavy (non-hydrogen) atoms. The van der Waals surface area contributed by atoms with Crippen LogP contribution in [0.1, 0.15) is 18.7 Å². The molecular formula is C21H24FN9O11P2. The maximum absolute atomic E-state index is 15.9. The van der Waals surface area contributed by atoms with E-state index in [-0.39, 0.29) is 34.6 Å². The van der Waals surface area contributed by atoms with Gasteiger partial charge in [-0.1, -0.05) is 0 Å². The van der Waals surface area contributed by atoms with Gasteiger partial charge in [-0.15, -0.1) is 0 Å². The maximum atomic E-state index is 15.9. The number of aromatic nitrogens is 8. The molecule has 1 aliphatic carbocycles. The van der Waals surface area contributed by atoms with Gasteiger partial charge < -0.3 is 34.9 Å². The molecule has 2 saturated heterocycles. The number of aliphatic hydroxyl groups is 1. The lowest BCUT2D eigenvalue weighted by atomic mass is 10.1. The lowest BCUT2D eigenvalue weighted by Crippen LogP contribution is -2.36. The summed E-state index contributed by atoms with van der Waals surface area (Å²) in [6.45, 7) is -1.47. The molecule has 2 aliphatic heterocycles. The Labute approximate surface area is 244 Å². The number of rotatable bonds is 2. The van der Waals surface area contributed by atoms with Crippen molar-refractivity contribution < 1.29 is 51.2 Å². The number of anilines is 1. The van der Waals surface area contributed by atoms with Gasteiger partial charge >= 0.3 is 15.6 Å². The number of nitrogens with two attached hydrogens (primary N) is 1. The zero-order valence-corrected chi connectivity index (χ0v) is 23.9. The molecule has 0 amide bonds. The molecule has 236 valence electrons. The van der Waals surface area contributed by atoms with E-state index in [4.69, 9.17) is 28.6 Å². The summed E-state index contributed by atoms with van der Waals surface area (Å²) in [5.74, 6) is -0.977. The third-order valence-corrected chi connectivity index (χ3v) is 9.72. The number of ether oxygens (including phenoxy) is 1. The normalized spacial score (nSPS) is 38.3. The average Bonchev–Trinajstić information content (AvgIpc) is 3.73. The predicted octanol–water partition coefficient (Wildman–Crippen LogP) is -0.283. The van der Waals surface area contributed by atoms with E-state index >= 15 is 4.39 Å². The van der Waals surface area contributed by atoms with Gasteiger partial charge in [-0.05, 0) is 6.42 Å². The van der Waals surface area contributed by atoms with Gasteiger partial charge in [-0.2, -0.15) is 0 Å². The van der Waals surface area contributed by atoms with Crippen molar-refractivity contribution in [3.63, 3.8) is 0 Å². The van der Waals surface area contributed by atoms with Gasteiger partial charge in [0.15, 0.2) is 35.0 Å². The lowest BCUT2D eigenvalue weighted by Gasteiger charge is -2.28. The summed E-state index contributed by atoms with van der Waals surface area (Å²) in [7, 11) is -10.0. The minimum absolute atomic E-state index is 0.0148. The van der Waals surface area contributed by atoms with Crippen molar-refractivity contribution in [2.75, 3.05) is 18.9 Å². The van der Waals surface area contributed by atoms with Crippen LogP contribution in [0.25, 0.3) is 22.3 Å². The Balaban J connectivity index is 1.17. The van der Waals surface area contributed by atoms with Crippen LogP contribution in [0, 0.1) is 5.92 Å². The number of fused-ring (bicyclic) bond motifs is 4. The molecule has 0 spiro atoms. The molecule has 0 bridgehead atoms. The molecule has 4 aromatic rings. The van der Waals surface area contributed by atoms with Gasteiger partial charge in [-0.25, -0.2) is 38.4 Å². The highest BCUT2D eigenvalue weighted by Crippen LogP contribution is 2.55. The first-order chi connectivity index (χ1) is 20.9. The van der Waals surface area contributed by atoms with Crippen molar-refractivity contribution in [1.29, 1.82) is 0 Å². The molecule has 4 aromatic heterocycles. The number of aliphatic hydroxyl groups excluding tert-OH is 1. The number of nitrogens with one attached hydrogen (secondary N) is 1. The molecule has 0 radical (unpaired) electrons. The largest absolute Gasteiger partial charge is 0.472 e. The number of phosphoric ester groups is 2. The van der Waals surface area contributed by atoms with Crippen LogP contribution in [0.5, 0.6) is 0 Å². The zero-order chi connectivity index (χ0) is 31.0. The van der Waals surface area contributed by atoms with Crippen LogP contribution in [0.4, 0.5) is 10.2 Å². The number of phosphoric acid groups is 2. The van der Waals surface area contributed by atoms with E-state index in [1.54, 1.807) is 0 Å². The lowest BCUT2D eigenvalue weighted by molar-refractivity contribution is -0.0592. The molecule has 23 heteroatoms. The number of hydrogen-bond donors (Lipinski definition) is 5. The minimum Gasteiger partial charge on any atom is -0.388 e. The van der Waals surface area contributed by atoms with Crippen molar-refractivity contribution in [3.05, 3.63) is 35.7 Å². The minimum atomic E-state index is -5.02. The number of imidazole rings is 2. The molecule has 3 aliphatic rings. The van der Waals surface area contributed by atoms with Gasteiger partial charge in [0.05, 0.1) is 38.2 Å². The second-order valence-corrected chi connectivity index (χ2v) is 13.2. The maximum Gasteiger partial charge on any atom is 0.472 e. The number of nitrogen functional groups attached to an aromatic ring is 1. The Bertz CT molecular complexity index is 1890. The molecule has 1 saturated carbocycles. The molecule has 3 fully saturated rings. The Hall–Kier alpha value is -3.23. The van der Waals surface area contributed by atoms with Gasteiger partial charge in [0.1, 0.15) is 36.3 Å². The summed E-state index contributed by atoms with van der Waals surface area (Å²) in [6, 6.07) is -0.918. The Kier molecular flexibility index (Phi) is 7.16. The predicted molar refractivity (Wildman–Crippen MR) is 141 cm³/mol. The number of alkyl halides is 1. The van der Waals surface area contributed by atoms with Crippen LogP contribution in [0.2, 0.25) is 0 Å². The second kappa shape index (κ2) is 10.7. The third kappa shape index (κ3) is 5.04.